The Morgan fingerprint density at radius 2 is 1.97 bits per heavy atom. The number of hydrogen-bond donors (Lipinski definition) is 1. The topological polar surface area (TPSA) is 67.2 Å². The second-order valence-corrected chi connectivity index (χ2v) is 7.88. The fourth-order valence-corrected chi connectivity index (χ4v) is 3.83. The van der Waals surface area contributed by atoms with Crippen LogP contribution in [0.4, 0.5) is 0 Å². The average Bonchev–Trinajstić information content (AvgIpc) is 3.16. The van der Waals surface area contributed by atoms with Gasteiger partial charge >= 0.3 is 0 Å². The van der Waals surface area contributed by atoms with E-state index in [4.69, 9.17) is 11.6 Å². The molecule has 1 aromatic carbocycles. The van der Waals surface area contributed by atoms with Gasteiger partial charge in [0.1, 0.15) is 0 Å². The number of pyridine rings is 2. The molecule has 3 aromatic rings. The molecule has 0 aliphatic carbocycles. The number of benzene rings is 1. The lowest BCUT2D eigenvalue weighted by atomic mass is 10.0. The number of fused-ring (bicyclic) bond motifs is 1. The van der Waals surface area contributed by atoms with E-state index in [1.807, 2.05) is 62.5 Å². The number of aliphatic imine (C=N–C) groups is 1. The number of halogens is 1. The molecular weight excluding hydrogens is 396 g/mol. The van der Waals surface area contributed by atoms with Gasteiger partial charge in [0.05, 0.1) is 30.4 Å². The summed E-state index contributed by atoms with van der Waals surface area (Å²) in [4.78, 5) is 26.1. The smallest absolute Gasteiger partial charge is 0.226 e. The van der Waals surface area contributed by atoms with Gasteiger partial charge in [0.25, 0.3) is 0 Å². The van der Waals surface area contributed by atoms with Crippen molar-refractivity contribution < 1.29 is 4.79 Å². The maximum absolute atomic E-state index is 12.6. The second kappa shape index (κ2) is 8.76. The summed E-state index contributed by atoms with van der Waals surface area (Å²) in [5.41, 5.74) is 6.85. The fraction of sp³-hybridized carbons (Fsp3) is 0.250. The largest absolute Gasteiger partial charge is 0.349 e. The zero-order valence-corrected chi connectivity index (χ0v) is 17.8. The second-order valence-electron chi connectivity index (χ2n) is 7.44. The number of nitrogens with one attached hydrogen (secondary N) is 1. The summed E-state index contributed by atoms with van der Waals surface area (Å²) in [5, 5.41) is 3.79. The van der Waals surface area contributed by atoms with Crippen molar-refractivity contribution in [2.24, 2.45) is 4.99 Å². The minimum absolute atomic E-state index is 0.0472. The number of hydrogen-bond acceptors (Lipinski definition) is 4. The first-order chi connectivity index (χ1) is 14.5. The maximum atomic E-state index is 12.6. The van der Waals surface area contributed by atoms with Crippen LogP contribution in [0.25, 0.3) is 0 Å². The van der Waals surface area contributed by atoms with E-state index < -0.39 is 0 Å². The normalized spacial score (nSPS) is 13.5. The summed E-state index contributed by atoms with van der Waals surface area (Å²) in [7, 11) is 0. The van der Waals surface area contributed by atoms with Crippen molar-refractivity contribution in [1.82, 2.24) is 15.3 Å². The van der Waals surface area contributed by atoms with E-state index in [1.54, 1.807) is 6.20 Å². The third-order valence-corrected chi connectivity index (χ3v) is 5.49. The molecule has 0 bridgehead atoms. The lowest BCUT2D eigenvalue weighted by Gasteiger charge is -2.17. The molecule has 0 spiro atoms. The van der Waals surface area contributed by atoms with Gasteiger partial charge in [-0.15, -0.1) is 0 Å². The number of nitrogens with zero attached hydrogens (tertiary/aromatic N) is 3. The molecule has 1 aliphatic heterocycles. The van der Waals surface area contributed by atoms with Crippen LogP contribution in [0.5, 0.6) is 0 Å². The SMILES string of the molecule is CC[C@H](NC(=O)Cc1cc2c(cn1)C(c1ccnc(C)c1)=NC2)c1ccc(Cl)cc1. The highest BCUT2D eigenvalue weighted by Gasteiger charge is 2.20. The van der Waals surface area contributed by atoms with Gasteiger partial charge in [-0.05, 0) is 54.8 Å². The quantitative estimate of drug-likeness (QED) is 0.636. The monoisotopic (exact) mass is 418 g/mol. The van der Waals surface area contributed by atoms with Gasteiger partial charge in [-0.25, -0.2) is 0 Å². The predicted octanol–water partition coefficient (Wildman–Crippen LogP) is 4.60. The lowest BCUT2D eigenvalue weighted by molar-refractivity contribution is -0.121. The molecule has 0 radical (unpaired) electrons. The summed E-state index contributed by atoms with van der Waals surface area (Å²) >= 11 is 5.97. The van der Waals surface area contributed by atoms with Gasteiger partial charge < -0.3 is 5.32 Å². The molecule has 1 atom stereocenters. The standard InChI is InChI=1S/C24H23ClN4O/c1-3-22(16-4-6-19(25)7-5-16)29-23(30)12-20-11-18-13-28-24(21(18)14-27-20)17-8-9-26-15(2)10-17/h4-11,14,22H,3,12-13H2,1-2H3,(H,29,30)/t22-/m0/s1. The molecule has 1 amide bonds. The van der Waals surface area contributed by atoms with Gasteiger partial charge in [-0.2, -0.15) is 0 Å². The molecule has 0 unspecified atom stereocenters. The minimum atomic E-state index is -0.0480. The number of rotatable bonds is 6. The van der Waals surface area contributed by atoms with Crippen LogP contribution >= 0.6 is 11.6 Å². The molecule has 152 valence electrons. The first kappa shape index (κ1) is 20.2. The van der Waals surface area contributed by atoms with Crippen LogP contribution in [0.2, 0.25) is 5.02 Å². The molecule has 5 nitrogen and oxygen atoms in total. The molecule has 4 rings (SSSR count). The number of carbonyl (C=O) groups excluding carboxylic acids is 1. The van der Waals surface area contributed by atoms with Crippen LogP contribution in [0.3, 0.4) is 0 Å². The summed E-state index contributed by atoms with van der Waals surface area (Å²) < 4.78 is 0. The Labute approximate surface area is 181 Å². The van der Waals surface area contributed by atoms with E-state index >= 15 is 0 Å². The van der Waals surface area contributed by atoms with Crippen LogP contribution in [-0.2, 0) is 17.8 Å². The number of amides is 1. The molecule has 0 fully saturated rings. The first-order valence-corrected chi connectivity index (χ1v) is 10.4. The molecule has 0 saturated carbocycles. The maximum Gasteiger partial charge on any atom is 0.226 e. The van der Waals surface area contributed by atoms with Crippen LogP contribution < -0.4 is 5.32 Å². The summed E-state index contributed by atoms with van der Waals surface area (Å²) in [6.07, 6.45) is 4.66. The van der Waals surface area contributed by atoms with Crippen molar-refractivity contribution in [2.45, 2.75) is 39.3 Å². The van der Waals surface area contributed by atoms with E-state index in [0.29, 0.717) is 11.6 Å². The van der Waals surface area contributed by atoms with E-state index in [0.717, 1.165) is 45.8 Å². The summed E-state index contributed by atoms with van der Waals surface area (Å²) in [6.45, 7) is 4.62. The lowest BCUT2D eigenvalue weighted by Crippen LogP contribution is -2.29. The highest BCUT2D eigenvalue weighted by Crippen LogP contribution is 2.24. The Hall–Kier alpha value is -3.05. The average molecular weight is 419 g/mol. The number of aryl methyl sites for hydroxylation is 1. The van der Waals surface area contributed by atoms with Crippen molar-refractivity contribution in [3.05, 3.63) is 93.5 Å². The predicted molar refractivity (Wildman–Crippen MR) is 119 cm³/mol. The summed E-state index contributed by atoms with van der Waals surface area (Å²) in [6, 6.07) is 13.5. The third-order valence-electron chi connectivity index (χ3n) is 5.24. The first-order valence-electron chi connectivity index (χ1n) is 10.0. The van der Waals surface area contributed by atoms with Crippen molar-refractivity contribution in [3.8, 4) is 0 Å². The van der Waals surface area contributed by atoms with E-state index in [1.165, 1.54) is 0 Å². The number of aromatic nitrogens is 2. The van der Waals surface area contributed by atoms with E-state index in [9.17, 15) is 4.79 Å². The Morgan fingerprint density at radius 3 is 2.70 bits per heavy atom. The van der Waals surface area contributed by atoms with Crippen molar-refractivity contribution in [1.29, 1.82) is 0 Å². The Morgan fingerprint density at radius 1 is 1.17 bits per heavy atom. The zero-order chi connectivity index (χ0) is 21.1. The molecule has 6 heteroatoms. The summed E-state index contributed by atoms with van der Waals surface area (Å²) in [5.74, 6) is -0.0480. The highest BCUT2D eigenvalue weighted by atomic mass is 35.5. The molecule has 30 heavy (non-hydrogen) atoms. The van der Waals surface area contributed by atoms with Crippen molar-refractivity contribution in [2.75, 3.05) is 0 Å². The molecule has 3 heterocycles. The Balaban J connectivity index is 1.45. The van der Waals surface area contributed by atoms with Gasteiger partial charge in [0, 0.05) is 34.2 Å². The number of carbonyl (C=O) groups is 1. The van der Waals surface area contributed by atoms with Crippen LogP contribution in [0.15, 0.2) is 59.9 Å². The molecule has 1 aliphatic rings. The van der Waals surface area contributed by atoms with E-state index in [-0.39, 0.29) is 18.4 Å². The van der Waals surface area contributed by atoms with Crippen LogP contribution in [0.1, 0.15) is 53.0 Å². The zero-order valence-electron chi connectivity index (χ0n) is 17.0. The van der Waals surface area contributed by atoms with Crippen molar-refractivity contribution >= 4 is 23.2 Å². The van der Waals surface area contributed by atoms with Crippen molar-refractivity contribution in [3.63, 3.8) is 0 Å². The molecule has 1 N–H and O–H groups in total. The fourth-order valence-electron chi connectivity index (χ4n) is 3.70. The molecular formula is C24H23ClN4O. The van der Waals surface area contributed by atoms with Crippen LogP contribution in [-0.4, -0.2) is 21.6 Å². The third kappa shape index (κ3) is 4.41. The highest BCUT2D eigenvalue weighted by molar-refractivity contribution is 6.30. The van der Waals surface area contributed by atoms with Gasteiger partial charge in [0.2, 0.25) is 5.91 Å². The minimum Gasteiger partial charge on any atom is -0.349 e. The molecule has 2 aromatic heterocycles. The Bertz CT molecular complexity index is 1110. The van der Waals surface area contributed by atoms with Crippen LogP contribution in [0, 0.1) is 6.92 Å². The molecule has 0 saturated heterocycles. The van der Waals surface area contributed by atoms with E-state index in [2.05, 4.69) is 20.3 Å². The van der Waals surface area contributed by atoms with Gasteiger partial charge in [-0.3, -0.25) is 19.8 Å². The van der Waals surface area contributed by atoms with Gasteiger partial charge in [-0.1, -0.05) is 30.7 Å². The van der Waals surface area contributed by atoms with Gasteiger partial charge in [0.15, 0.2) is 0 Å². The Kier molecular flexibility index (Phi) is 5.91.